The average Bonchev–Trinajstić information content (AvgIpc) is 2.81. The minimum absolute atomic E-state index is 0.0472. The lowest BCUT2D eigenvalue weighted by Crippen LogP contribution is -2.13. The zero-order valence-corrected chi connectivity index (χ0v) is 12.7. The van der Waals surface area contributed by atoms with Crippen LogP contribution in [0.3, 0.4) is 0 Å². The van der Waals surface area contributed by atoms with Gasteiger partial charge in [-0.3, -0.25) is 0 Å². The zero-order chi connectivity index (χ0) is 14.3. The van der Waals surface area contributed by atoms with Gasteiger partial charge in [0.2, 0.25) is 0 Å². The maximum absolute atomic E-state index is 10.6. The number of fused-ring (bicyclic) bond motifs is 1. The van der Waals surface area contributed by atoms with E-state index in [9.17, 15) is 5.11 Å². The lowest BCUT2D eigenvalue weighted by molar-refractivity contribution is 0.441. The normalized spacial score (nSPS) is 17.6. The molecule has 1 atom stereocenters. The molecule has 2 aromatic carbocycles. The highest BCUT2D eigenvalue weighted by Gasteiger charge is 2.27. The van der Waals surface area contributed by atoms with Gasteiger partial charge < -0.3 is 10.4 Å². The van der Waals surface area contributed by atoms with Crippen molar-refractivity contribution in [1.29, 1.82) is 0 Å². The monoisotopic (exact) mass is 284 g/mol. The number of anilines is 1. The molecule has 3 heteroatoms. The van der Waals surface area contributed by atoms with Crippen LogP contribution in [-0.4, -0.2) is 5.11 Å². The Bertz CT molecular complexity index is 621. The Morgan fingerprint density at radius 1 is 1.20 bits per heavy atom. The van der Waals surface area contributed by atoms with Crippen molar-refractivity contribution >= 4 is 17.4 Å². The summed E-state index contributed by atoms with van der Waals surface area (Å²) in [5.41, 5.74) is 2.88. The Balaban J connectivity index is 1.98. The maximum atomic E-state index is 10.6. The average molecular weight is 284 g/mol. The number of hydrogen-bond donors (Lipinski definition) is 2. The van der Waals surface area contributed by atoms with E-state index in [1.165, 1.54) is 4.90 Å². The van der Waals surface area contributed by atoms with Crippen LogP contribution >= 0.6 is 11.8 Å². The van der Waals surface area contributed by atoms with Crippen LogP contribution in [0.4, 0.5) is 5.69 Å². The molecule has 0 aromatic heterocycles. The molecule has 0 amide bonds. The minimum Gasteiger partial charge on any atom is -0.507 e. The van der Waals surface area contributed by atoms with Crippen LogP contribution in [0.15, 0.2) is 41.3 Å². The molecule has 103 valence electrons. The number of phenols is 1. The van der Waals surface area contributed by atoms with Gasteiger partial charge in [0.15, 0.2) is 0 Å². The molecule has 1 radical (unpaired) electrons. The third kappa shape index (κ3) is 2.27. The summed E-state index contributed by atoms with van der Waals surface area (Å²) in [6.07, 6.45) is 0. The Hall–Kier alpha value is -1.61. The van der Waals surface area contributed by atoms with E-state index in [-0.39, 0.29) is 10.8 Å². The molecule has 0 aliphatic carbocycles. The molecule has 1 aliphatic rings. The van der Waals surface area contributed by atoms with E-state index in [4.69, 9.17) is 0 Å². The first kappa shape index (κ1) is 13.4. The predicted molar refractivity (Wildman–Crippen MR) is 84.3 cm³/mol. The summed E-state index contributed by atoms with van der Waals surface area (Å²) in [6.45, 7) is 6.30. The van der Waals surface area contributed by atoms with Gasteiger partial charge in [0.1, 0.15) is 11.1 Å². The Morgan fingerprint density at radius 3 is 2.65 bits per heavy atom. The van der Waals surface area contributed by atoms with Crippen molar-refractivity contribution in [2.24, 2.45) is 0 Å². The Morgan fingerprint density at radius 2 is 1.95 bits per heavy atom. The smallest absolute Gasteiger partial charge is 0.125 e. The first-order chi connectivity index (χ1) is 9.47. The van der Waals surface area contributed by atoms with Gasteiger partial charge in [-0.05, 0) is 35.7 Å². The molecular formula is C17H18NOS. The summed E-state index contributed by atoms with van der Waals surface area (Å²) in [6, 6.07) is 15.1. The number of para-hydroxylation sites is 1. The number of rotatable bonds is 1. The van der Waals surface area contributed by atoms with Crippen molar-refractivity contribution in [2.75, 3.05) is 5.32 Å². The zero-order valence-electron chi connectivity index (χ0n) is 11.9. The number of benzene rings is 2. The van der Waals surface area contributed by atoms with Gasteiger partial charge in [-0.15, -0.1) is 0 Å². The quantitative estimate of drug-likeness (QED) is 0.795. The van der Waals surface area contributed by atoms with Crippen LogP contribution in [0.2, 0.25) is 0 Å². The SMILES string of the molecule is CC(C)(C)c1c[c]cc(C2Nc3ccccc3S2)c1O. The highest BCUT2D eigenvalue weighted by Crippen LogP contribution is 2.49. The van der Waals surface area contributed by atoms with Gasteiger partial charge in [-0.1, -0.05) is 44.7 Å². The first-order valence-corrected chi connectivity index (χ1v) is 7.60. The molecule has 0 saturated carbocycles. The van der Waals surface area contributed by atoms with Gasteiger partial charge in [0.05, 0.1) is 0 Å². The number of hydrogen-bond acceptors (Lipinski definition) is 3. The molecule has 0 spiro atoms. The minimum atomic E-state index is -0.0906. The van der Waals surface area contributed by atoms with E-state index in [0.29, 0.717) is 5.75 Å². The van der Waals surface area contributed by atoms with Crippen LogP contribution in [0, 0.1) is 6.07 Å². The molecule has 0 saturated heterocycles. The maximum Gasteiger partial charge on any atom is 0.125 e. The van der Waals surface area contributed by atoms with E-state index < -0.39 is 0 Å². The largest absolute Gasteiger partial charge is 0.507 e. The summed E-state index contributed by atoms with van der Waals surface area (Å²) in [5.74, 6) is 0.383. The van der Waals surface area contributed by atoms with Crippen LogP contribution < -0.4 is 5.32 Å². The fourth-order valence-corrected chi connectivity index (χ4v) is 3.56. The molecular weight excluding hydrogens is 266 g/mol. The number of aromatic hydroxyl groups is 1. The Kier molecular flexibility index (Phi) is 3.17. The van der Waals surface area contributed by atoms with Crippen molar-refractivity contribution in [3.63, 3.8) is 0 Å². The number of thioether (sulfide) groups is 1. The fraction of sp³-hybridized carbons (Fsp3) is 0.294. The van der Waals surface area contributed by atoms with Gasteiger partial charge in [0, 0.05) is 21.7 Å². The summed E-state index contributed by atoms with van der Waals surface area (Å²) in [5, 5.41) is 14.1. The first-order valence-electron chi connectivity index (χ1n) is 6.72. The van der Waals surface area contributed by atoms with Gasteiger partial charge in [0.25, 0.3) is 0 Å². The van der Waals surface area contributed by atoms with Crippen LogP contribution in [-0.2, 0) is 5.41 Å². The standard InChI is InChI=1S/C17H18NOS/c1-17(2,3)12-8-6-7-11(15(12)19)16-18-13-9-4-5-10-14(13)20-16/h4-5,7-10,16,18-19H,1-3H3. The highest BCUT2D eigenvalue weighted by molar-refractivity contribution is 8.00. The van der Waals surface area contributed by atoms with Gasteiger partial charge in [-0.25, -0.2) is 0 Å². The summed E-state index contributed by atoms with van der Waals surface area (Å²) < 4.78 is 0. The Labute approximate surface area is 124 Å². The van der Waals surface area contributed by atoms with E-state index in [1.54, 1.807) is 11.8 Å². The lowest BCUT2D eigenvalue weighted by Gasteiger charge is -2.23. The van der Waals surface area contributed by atoms with Crippen molar-refractivity contribution in [3.8, 4) is 5.75 Å². The molecule has 0 bridgehead atoms. The molecule has 1 unspecified atom stereocenters. The van der Waals surface area contributed by atoms with Crippen molar-refractivity contribution in [2.45, 2.75) is 36.5 Å². The van der Waals surface area contributed by atoms with Crippen LogP contribution in [0.25, 0.3) is 0 Å². The van der Waals surface area contributed by atoms with E-state index in [1.807, 2.05) is 24.3 Å². The molecule has 2 aromatic rings. The van der Waals surface area contributed by atoms with Crippen molar-refractivity contribution in [1.82, 2.24) is 0 Å². The number of nitrogens with one attached hydrogen (secondary N) is 1. The molecule has 3 rings (SSSR count). The highest BCUT2D eigenvalue weighted by atomic mass is 32.2. The van der Waals surface area contributed by atoms with E-state index >= 15 is 0 Å². The lowest BCUT2D eigenvalue weighted by atomic mass is 9.85. The summed E-state index contributed by atoms with van der Waals surface area (Å²) in [7, 11) is 0. The molecule has 1 heterocycles. The second-order valence-electron chi connectivity index (χ2n) is 6.06. The topological polar surface area (TPSA) is 32.3 Å². The number of phenolic OH excluding ortho intramolecular Hbond substituents is 1. The second-order valence-corrected chi connectivity index (χ2v) is 7.21. The fourth-order valence-electron chi connectivity index (χ4n) is 2.41. The third-order valence-corrected chi connectivity index (χ3v) is 4.72. The van der Waals surface area contributed by atoms with Gasteiger partial charge in [-0.2, -0.15) is 0 Å². The third-order valence-electron chi connectivity index (χ3n) is 3.50. The summed E-state index contributed by atoms with van der Waals surface area (Å²) in [4.78, 5) is 1.22. The molecule has 0 fully saturated rings. The molecule has 2 nitrogen and oxygen atoms in total. The van der Waals surface area contributed by atoms with Crippen LogP contribution in [0.5, 0.6) is 5.75 Å². The van der Waals surface area contributed by atoms with E-state index in [2.05, 4.69) is 44.3 Å². The second kappa shape index (κ2) is 4.74. The molecule has 1 aliphatic heterocycles. The van der Waals surface area contributed by atoms with Crippen LogP contribution in [0.1, 0.15) is 37.3 Å². The van der Waals surface area contributed by atoms with Crippen molar-refractivity contribution in [3.05, 3.63) is 53.6 Å². The predicted octanol–water partition coefficient (Wildman–Crippen LogP) is 4.71. The van der Waals surface area contributed by atoms with Crippen molar-refractivity contribution < 1.29 is 5.11 Å². The van der Waals surface area contributed by atoms with E-state index in [0.717, 1.165) is 16.8 Å². The molecule has 20 heavy (non-hydrogen) atoms. The van der Waals surface area contributed by atoms with Gasteiger partial charge >= 0.3 is 0 Å². The molecule has 2 N–H and O–H groups in total. The summed E-state index contributed by atoms with van der Waals surface area (Å²) >= 11 is 1.73.